The lowest BCUT2D eigenvalue weighted by Crippen LogP contribution is -2.45. The van der Waals surface area contributed by atoms with Crippen molar-refractivity contribution in [3.63, 3.8) is 0 Å². The molecule has 0 aliphatic heterocycles. The Morgan fingerprint density at radius 2 is 1.76 bits per heavy atom. The largest absolute Gasteiger partial charge is 0.484 e. The first-order valence-electron chi connectivity index (χ1n) is 9.12. The number of para-hydroxylation sites is 1. The molecule has 2 N–H and O–H groups in total. The Kier molecular flexibility index (Phi) is 4.90. The third-order valence-electron chi connectivity index (χ3n) is 4.46. The molecule has 0 bridgehead atoms. The number of ether oxygens (including phenoxy) is 1. The molecule has 0 aliphatic carbocycles. The second kappa shape index (κ2) is 7.67. The molecule has 0 atom stereocenters. The van der Waals surface area contributed by atoms with Crippen molar-refractivity contribution in [1.29, 1.82) is 0 Å². The van der Waals surface area contributed by atoms with E-state index in [1.54, 1.807) is 16.8 Å². The van der Waals surface area contributed by atoms with E-state index in [-0.39, 0.29) is 19.1 Å². The summed E-state index contributed by atoms with van der Waals surface area (Å²) in [7, 11) is 0. The predicted molar refractivity (Wildman–Crippen MR) is 107 cm³/mol. The first-order chi connectivity index (χ1) is 14.0. The molecule has 2 amide bonds. The quantitative estimate of drug-likeness (QED) is 0.509. The van der Waals surface area contributed by atoms with Crippen molar-refractivity contribution in [3.8, 4) is 5.75 Å². The van der Waals surface area contributed by atoms with Gasteiger partial charge in [-0.05, 0) is 44.2 Å². The van der Waals surface area contributed by atoms with E-state index in [9.17, 15) is 9.59 Å². The zero-order chi connectivity index (χ0) is 20.4. The van der Waals surface area contributed by atoms with Gasteiger partial charge in [0.25, 0.3) is 11.8 Å². The number of amides is 2. The van der Waals surface area contributed by atoms with Crippen LogP contribution in [0.5, 0.6) is 5.75 Å². The number of rotatable bonds is 5. The highest BCUT2D eigenvalue weighted by Crippen LogP contribution is 2.31. The number of hydrogen-bond donors (Lipinski definition) is 2. The van der Waals surface area contributed by atoms with Gasteiger partial charge in [0, 0.05) is 16.5 Å². The number of nitrogens with one attached hydrogen (secondary N) is 2. The maximum Gasteiger partial charge on any atom is 0.276 e. The third-order valence-corrected chi connectivity index (χ3v) is 4.46. The normalized spacial score (nSPS) is 11.0. The lowest BCUT2D eigenvalue weighted by atomic mass is 10.1. The van der Waals surface area contributed by atoms with Gasteiger partial charge in [0.05, 0.1) is 5.69 Å². The number of carbonyl (C=O) groups excluding carboxylic acids is 2. The van der Waals surface area contributed by atoms with Gasteiger partial charge in [-0.25, -0.2) is 0 Å². The predicted octanol–water partition coefficient (Wildman–Crippen LogP) is 2.63. The van der Waals surface area contributed by atoms with E-state index in [1.165, 1.54) is 0 Å². The number of furan rings is 1. The molecule has 0 spiro atoms. The van der Waals surface area contributed by atoms with Crippen LogP contribution >= 0.6 is 0 Å². The van der Waals surface area contributed by atoms with E-state index in [0.29, 0.717) is 5.75 Å². The Hall–Kier alpha value is -3.81. The van der Waals surface area contributed by atoms with Gasteiger partial charge in [-0.2, -0.15) is 5.10 Å². The lowest BCUT2D eigenvalue weighted by Gasteiger charge is -2.09. The first-order valence-corrected chi connectivity index (χ1v) is 9.12. The number of aromatic nitrogens is 2. The average Bonchev–Trinajstić information content (AvgIpc) is 3.23. The molecule has 29 heavy (non-hydrogen) atoms. The molecule has 2 aromatic carbocycles. The second-order valence-electron chi connectivity index (χ2n) is 6.73. The number of carbonyl (C=O) groups is 2. The van der Waals surface area contributed by atoms with Crippen LogP contribution in [-0.2, 0) is 16.1 Å². The highest BCUT2D eigenvalue weighted by atomic mass is 16.5. The summed E-state index contributed by atoms with van der Waals surface area (Å²) in [6.07, 6.45) is 0. The maximum absolute atomic E-state index is 12.0. The summed E-state index contributed by atoms with van der Waals surface area (Å²) < 4.78 is 12.9. The molecule has 4 rings (SSSR count). The minimum atomic E-state index is -0.469. The molecule has 0 fully saturated rings. The summed E-state index contributed by atoms with van der Waals surface area (Å²) >= 11 is 0. The minimum absolute atomic E-state index is 0.0189. The van der Waals surface area contributed by atoms with Crippen molar-refractivity contribution in [2.45, 2.75) is 20.4 Å². The smallest absolute Gasteiger partial charge is 0.276 e. The summed E-state index contributed by atoms with van der Waals surface area (Å²) in [6.45, 7) is 3.50. The van der Waals surface area contributed by atoms with Crippen LogP contribution in [0.1, 0.15) is 11.4 Å². The third kappa shape index (κ3) is 4.06. The summed E-state index contributed by atoms with van der Waals surface area (Å²) in [5.41, 5.74) is 7.94. The summed E-state index contributed by atoms with van der Waals surface area (Å²) in [5, 5.41) is 6.10. The van der Waals surface area contributed by atoms with Crippen LogP contribution in [0.25, 0.3) is 21.9 Å². The Labute approximate surface area is 166 Å². The van der Waals surface area contributed by atoms with E-state index >= 15 is 0 Å². The molecule has 8 nitrogen and oxygen atoms in total. The fraction of sp³-hybridized carbons (Fsp3) is 0.190. The summed E-state index contributed by atoms with van der Waals surface area (Å²) in [6, 6.07) is 15.0. The van der Waals surface area contributed by atoms with Crippen molar-refractivity contribution in [3.05, 3.63) is 59.9 Å². The van der Waals surface area contributed by atoms with Gasteiger partial charge < -0.3 is 9.15 Å². The number of fused-ring (bicyclic) bond motifs is 3. The zero-order valence-corrected chi connectivity index (χ0v) is 16.1. The Morgan fingerprint density at radius 3 is 2.55 bits per heavy atom. The molecule has 2 heterocycles. The van der Waals surface area contributed by atoms with Crippen LogP contribution in [0.2, 0.25) is 0 Å². The van der Waals surface area contributed by atoms with Crippen LogP contribution in [0.3, 0.4) is 0 Å². The van der Waals surface area contributed by atoms with Gasteiger partial charge in [-0.1, -0.05) is 18.2 Å². The molecule has 8 heteroatoms. The molecule has 148 valence electrons. The first kappa shape index (κ1) is 18.5. The number of nitrogens with zero attached hydrogens (tertiary/aromatic N) is 2. The molecule has 0 saturated heterocycles. The lowest BCUT2D eigenvalue weighted by molar-refractivity contribution is -0.130. The second-order valence-corrected chi connectivity index (χ2v) is 6.73. The van der Waals surface area contributed by atoms with Crippen molar-refractivity contribution >= 4 is 33.8 Å². The minimum Gasteiger partial charge on any atom is -0.484 e. The molecule has 0 saturated carbocycles. The standard InChI is InChI=1S/C21H20N4O4/c1-13-9-14(2)25(24-13)11-20(26)22-23-21(27)12-28-15-7-8-19-17(10-15)16-5-3-4-6-18(16)29-19/h3-10H,11-12H2,1-2H3,(H,22,26)(H,23,27). The van der Waals surface area contributed by atoms with Crippen molar-refractivity contribution in [2.75, 3.05) is 6.61 Å². The molecule has 0 radical (unpaired) electrons. The maximum atomic E-state index is 12.0. The van der Waals surface area contributed by atoms with E-state index in [2.05, 4.69) is 16.0 Å². The molecule has 2 aromatic heterocycles. The van der Waals surface area contributed by atoms with Gasteiger partial charge in [0.2, 0.25) is 0 Å². The Bertz CT molecular complexity index is 1210. The van der Waals surface area contributed by atoms with Crippen LogP contribution in [0.15, 0.2) is 52.9 Å². The van der Waals surface area contributed by atoms with Gasteiger partial charge in [-0.3, -0.25) is 25.1 Å². The molecular formula is C21H20N4O4. The van der Waals surface area contributed by atoms with Gasteiger partial charge in [0.15, 0.2) is 6.61 Å². The molecule has 0 aliphatic rings. The topological polar surface area (TPSA) is 98.4 Å². The van der Waals surface area contributed by atoms with Gasteiger partial charge >= 0.3 is 0 Å². The Morgan fingerprint density at radius 1 is 1.00 bits per heavy atom. The molecular weight excluding hydrogens is 372 g/mol. The number of aryl methyl sites for hydroxylation is 2. The van der Waals surface area contributed by atoms with E-state index in [1.807, 2.05) is 50.2 Å². The number of hydrogen-bond acceptors (Lipinski definition) is 5. The van der Waals surface area contributed by atoms with Crippen LogP contribution in [0.4, 0.5) is 0 Å². The van der Waals surface area contributed by atoms with Gasteiger partial charge in [-0.15, -0.1) is 0 Å². The average molecular weight is 392 g/mol. The fourth-order valence-electron chi connectivity index (χ4n) is 3.13. The SMILES string of the molecule is Cc1cc(C)n(CC(=O)NNC(=O)COc2ccc3oc4ccccc4c3c2)n1. The fourth-order valence-corrected chi connectivity index (χ4v) is 3.13. The van der Waals surface area contributed by atoms with Crippen molar-refractivity contribution in [2.24, 2.45) is 0 Å². The Balaban J connectivity index is 1.31. The van der Waals surface area contributed by atoms with Crippen LogP contribution < -0.4 is 15.6 Å². The number of hydrazine groups is 1. The summed E-state index contributed by atoms with van der Waals surface area (Å²) in [5.74, 6) is -0.312. The van der Waals surface area contributed by atoms with Crippen LogP contribution in [0, 0.1) is 13.8 Å². The molecule has 0 unspecified atom stereocenters. The van der Waals surface area contributed by atoms with E-state index < -0.39 is 5.91 Å². The van der Waals surface area contributed by atoms with E-state index in [0.717, 1.165) is 33.3 Å². The van der Waals surface area contributed by atoms with Crippen molar-refractivity contribution < 1.29 is 18.7 Å². The van der Waals surface area contributed by atoms with Gasteiger partial charge in [0.1, 0.15) is 23.5 Å². The molecule has 4 aromatic rings. The van der Waals surface area contributed by atoms with E-state index in [4.69, 9.17) is 9.15 Å². The van der Waals surface area contributed by atoms with Crippen LogP contribution in [-0.4, -0.2) is 28.2 Å². The monoisotopic (exact) mass is 392 g/mol. The highest BCUT2D eigenvalue weighted by Gasteiger charge is 2.11. The number of benzene rings is 2. The highest BCUT2D eigenvalue weighted by molar-refractivity contribution is 6.05. The zero-order valence-electron chi connectivity index (χ0n) is 16.1. The van der Waals surface area contributed by atoms with Crippen molar-refractivity contribution in [1.82, 2.24) is 20.6 Å². The summed E-state index contributed by atoms with van der Waals surface area (Å²) in [4.78, 5) is 23.9.